The number of hydrogen-bond acceptors (Lipinski definition) is 4. The van der Waals surface area contributed by atoms with Gasteiger partial charge in [0.2, 0.25) is 0 Å². The third kappa shape index (κ3) is 4.87. The highest BCUT2D eigenvalue weighted by atomic mass is 16.6. The van der Waals surface area contributed by atoms with Crippen LogP contribution in [0.25, 0.3) is 0 Å². The summed E-state index contributed by atoms with van der Waals surface area (Å²) in [4.78, 5) is 10.5. The van der Waals surface area contributed by atoms with Gasteiger partial charge in [0.15, 0.2) is 0 Å². The van der Waals surface area contributed by atoms with E-state index in [1.165, 1.54) is 6.07 Å². The lowest BCUT2D eigenvalue weighted by atomic mass is 10.1. The predicted octanol–water partition coefficient (Wildman–Crippen LogP) is 3.59. The van der Waals surface area contributed by atoms with Gasteiger partial charge in [-0.15, -0.1) is 0 Å². The Hall–Kier alpha value is -1.62. The van der Waals surface area contributed by atoms with E-state index in [1.807, 2.05) is 6.07 Å². The van der Waals surface area contributed by atoms with E-state index in [9.17, 15) is 10.1 Å². The molecule has 1 aromatic rings. The highest BCUT2D eigenvalue weighted by molar-refractivity contribution is 5.65. The Morgan fingerprint density at radius 2 is 2.16 bits per heavy atom. The first kappa shape index (κ1) is 15.4. The molecule has 0 saturated heterocycles. The van der Waals surface area contributed by atoms with E-state index < -0.39 is 0 Å². The van der Waals surface area contributed by atoms with Gasteiger partial charge in [-0.25, -0.2) is 0 Å². The van der Waals surface area contributed by atoms with Crippen LogP contribution < -0.4 is 5.32 Å². The minimum Gasteiger partial charge on any atom is -0.382 e. The predicted molar refractivity (Wildman–Crippen MR) is 76.4 cm³/mol. The minimum absolute atomic E-state index is 0.0887. The SMILES string of the molecule is CNc1c(COCCCC(C)C)cccc1[N+](=O)[O-]. The summed E-state index contributed by atoms with van der Waals surface area (Å²) in [6.45, 7) is 5.44. The number of benzene rings is 1. The van der Waals surface area contributed by atoms with Gasteiger partial charge in [-0.1, -0.05) is 26.0 Å². The topological polar surface area (TPSA) is 64.4 Å². The number of anilines is 1. The van der Waals surface area contributed by atoms with E-state index in [4.69, 9.17) is 4.74 Å². The molecule has 19 heavy (non-hydrogen) atoms. The molecule has 0 aliphatic rings. The summed E-state index contributed by atoms with van der Waals surface area (Å²) in [5, 5.41) is 13.8. The van der Waals surface area contributed by atoms with Crippen molar-refractivity contribution in [3.63, 3.8) is 0 Å². The Kier molecular flexibility index (Phi) is 6.29. The number of hydrogen-bond donors (Lipinski definition) is 1. The summed E-state index contributed by atoms with van der Waals surface area (Å²) in [7, 11) is 1.69. The van der Waals surface area contributed by atoms with E-state index in [0.29, 0.717) is 24.8 Å². The Bertz CT molecular complexity index is 419. The molecule has 0 amide bonds. The smallest absolute Gasteiger partial charge is 0.292 e. The second kappa shape index (κ2) is 7.74. The van der Waals surface area contributed by atoms with Crippen molar-refractivity contribution in [1.29, 1.82) is 0 Å². The Balaban J connectivity index is 2.58. The molecule has 1 rings (SSSR count). The van der Waals surface area contributed by atoms with Crippen molar-refractivity contribution in [3.05, 3.63) is 33.9 Å². The number of nitrogens with zero attached hydrogens (tertiary/aromatic N) is 1. The third-order valence-corrected chi connectivity index (χ3v) is 2.90. The maximum absolute atomic E-state index is 10.9. The molecule has 0 spiro atoms. The van der Waals surface area contributed by atoms with Gasteiger partial charge in [0, 0.05) is 25.3 Å². The van der Waals surface area contributed by atoms with E-state index in [0.717, 1.165) is 18.4 Å². The molecule has 0 unspecified atom stereocenters. The van der Waals surface area contributed by atoms with Crippen LogP contribution in [-0.4, -0.2) is 18.6 Å². The summed E-state index contributed by atoms with van der Waals surface area (Å²) in [6.07, 6.45) is 2.15. The molecule has 0 atom stereocenters. The number of rotatable bonds is 8. The number of ether oxygens (including phenoxy) is 1. The van der Waals surface area contributed by atoms with Crippen molar-refractivity contribution in [2.45, 2.75) is 33.3 Å². The van der Waals surface area contributed by atoms with Crippen molar-refractivity contribution >= 4 is 11.4 Å². The fourth-order valence-corrected chi connectivity index (χ4v) is 1.92. The summed E-state index contributed by atoms with van der Waals surface area (Å²) >= 11 is 0. The Morgan fingerprint density at radius 1 is 1.42 bits per heavy atom. The molecule has 0 aliphatic heterocycles. The molecule has 0 aromatic heterocycles. The van der Waals surface area contributed by atoms with Crippen molar-refractivity contribution < 1.29 is 9.66 Å². The first-order valence-electron chi connectivity index (χ1n) is 6.58. The molecular weight excluding hydrogens is 244 g/mol. The number of nitro benzene ring substituents is 1. The molecule has 1 aromatic carbocycles. The van der Waals surface area contributed by atoms with Gasteiger partial charge < -0.3 is 10.1 Å². The number of nitrogens with one attached hydrogen (secondary N) is 1. The molecule has 5 heteroatoms. The zero-order valence-corrected chi connectivity index (χ0v) is 11.8. The van der Waals surface area contributed by atoms with Crippen LogP contribution in [0.2, 0.25) is 0 Å². The Morgan fingerprint density at radius 3 is 2.74 bits per heavy atom. The van der Waals surface area contributed by atoms with E-state index >= 15 is 0 Å². The van der Waals surface area contributed by atoms with Gasteiger partial charge in [-0.05, 0) is 18.8 Å². The highest BCUT2D eigenvalue weighted by Gasteiger charge is 2.15. The lowest BCUT2D eigenvalue weighted by Crippen LogP contribution is -2.03. The fourth-order valence-electron chi connectivity index (χ4n) is 1.92. The van der Waals surface area contributed by atoms with E-state index in [2.05, 4.69) is 19.2 Å². The summed E-state index contributed by atoms with van der Waals surface area (Å²) in [5.74, 6) is 0.675. The largest absolute Gasteiger partial charge is 0.382 e. The molecule has 0 bridgehead atoms. The highest BCUT2D eigenvalue weighted by Crippen LogP contribution is 2.28. The number of para-hydroxylation sites is 1. The van der Waals surface area contributed by atoms with Crippen molar-refractivity contribution in [2.24, 2.45) is 5.92 Å². The van der Waals surface area contributed by atoms with Gasteiger partial charge in [-0.3, -0.25) is 10.1 Å². The van der Waals surface area contributed by atoms with Crippen LogP contribution in [0.15, 0.2) is 18.2 Å². The molecule has 0 saturated carbocycles. The normalized spacial score (nSPS) is 10.7. The van der Waals surface area contributed by atoms with Crippen LogP contribution in [0, 0.1) is 16.0 Å². The molecule has 0 heterocycles. The molecule has 1 N–H and O–H groups in total. The van der Waals surface area contributed by atoms with Gasteiger partial charge in [-0.2, -0.15) is 0 Å². The lowest BCUT2D eigenvalue weighted by Gasteiger charge is -2.10. The van der Waals surface area contributed by atoms with Crippen molar-refractivity contribution in [1.82, 2.24) is 0 Å². The van der Waals surface area contributed by atoms with Crippen LogP contribution in [0.4, 0.5) is 11.4 Å². The standard InChI is InChI=1S/C14H22N2O3/c1-11(2)6-5-9-19-10-12-7-4-8-13(16(17)18)14(12)15-3/h4,7-8,11,15H,5-6,9-10H2,1-3H3. The van der Waals surface area contributed by atoms with Gasteiger partial charge in [0.25, 0.3) is 5.69 Å². The van der Waals surface area contributed by atoms with Crippen LogP contribution in [0.1, 0.15) is 32.3 Å². The Labute approximate surface area is 114 Å². The summed E-state index contributed by atoms with van der Waals surface area (Å²) in [5.41, 5.74) is 1.45. The summed E-state index contributed by atoms with van der Waals surface area (Å²) < 4.78 is 5.58. The van der Waals surface area contributed by atoms with Crippen LogP contribution in [-0.2, 0) is 11.3 Å². The monoisotopic (exact) mass is 266 g/mol. The zero-order chi connectivity index (χ0) is 14.3. The third-order valence-electron chi connectivity index (χ3n) is 2.90. The number of nitro groups is 1. The first-order valence-corrected chi connectivity index (χ1v) is 6.58. The van der Waals surface area contributed by atoms with Gasteiger partial charge >= 0.3 is 0 Å². The molecule has 0 fully saturated rings. The van der Waals surface area contributed by atoms with Crippen molar-refractivity contribution in [2.75, 3.05) is 19.0 Å². The van der Waals surface area contributed by atoms with Gasteiger partial charge in [0.05, 0.1) is 11.5 Å². The molecule has 0 radical (unpaired) electrons. The second-order valence-corrected chi connectivity index (χ2v) is 4.91. The average molecular weight is 266 g/mol. The quantitative estimate of drug-likeness (QED) is 0.443. The zero-order valence-electron chi connectivity index (χ0n) is 11.8. The summed E-state index contributed by atoms with van der Waals surface area (Å²) in [6, 6.07) is 5.03. The molecule has 106 valence electrons. The maximum Gasteiger partial charge on any atom is 0.292 e. The molecular formula is C14H22N2O3. The second-order valence-electron chi connectivity index (χ2n) is 4.91. The van der Waals surface area contributed by atoms with Crippen LogP contribution in [0.3, 0.4) is 0 Å². The van der Waals surface area contributed by atoms with Crippen LogP contribution in [0.5, 0.6) is 0 Å². The lowest BCUT2D eigenvalue weighted by molar-refractivity contribution is -0.384. The van der Waals surface area contributed by atoms with E-state index in [-0.39, 0.29) is 10.6 Å². The van der Waals surface area contributed by atoms with E-state index in [1.54, 1.807) is 13.1 Å². The minimum atomic E-state index is -0.381. The van der Waals surface area contributed by atoms with Crippen molar-refractivity contribution in [3.8, 4) is 0 Å². The average Bonchev–Trinajstić information content (AvgIpc) is 2.37. The molecule has 5 nitrogen and oxygen atoms in total. The van der Waals surface area contributed by atoms with Gasteiger partial charge in [0.1, 0.15) is 5.69 Å². The maximum atomic E-state index is 10.9. The van der Waals surface area contributed by atoms with Crippen LogP contribution >= 0.6 is 0 Å². The first-order chi connectivity index (χ1) is 9.06. The fraction of sp³-hybridized carbons (Fsp3) is 0.571. The molecule has 0 aliphatic carbocycles.